The largest absolute Gasteiger partial charge is 0.449 e. The molecule has 1 aliphatic heterocycles. The van der Waals surface area contributed by atoms with Crippen molar-refractivity contribution in [1.29, 1.82) is 0 Å². The van der Waals surface area contributed by atoms with Gasteiger partial charge in [-0.15, -0.1) is 0 Å². The number of hydrogen-bond donors (Lipinski definition) is 2. The van der Waals surface area contributed by atoms with Crippen LogP contribution >= 0.6 is 0 Å². The van der Waals surface area contributed by atoms with E-state index >= 15 is 0 Å². The Balaban J connectivity index is 2.38. The third-order valence-corrected chi connectivity index (χ3v) is 2.73. The number of likely N-dealkylation sites (tertiary alicyclic amines) is 1. The highest BCUT2D eigenvalue weighted by atomic mass is 16.5. The molecule has 0 aromatic heterocycles. The first kappa shape index (κ1) is 15.3. The van der Waals surface area contributed by atoms with Gasteiger partial charge in [-0.3, -0.25) is 15.0 Å². The molecular weight excluding hydrogens is 250 g/mol. The lowest BCUT2D eigenvalue weighted by atomic mass is 10.1. The van der Waals surface area contributed by atoms with Gasteiger partial charge in [0.2, 0.25) is 11.8 Å². The average molecular weight is 271 g/mol. The molecule has 7 heteroatoms. The van der Waals surface area contributed by atoms with E-state index in [1.807, 2.05) is 13.8 Å². The summed E-state index contributed by atoms with van der Waals surface area (Å²) >= 11 is 0. The molecule has 1 fully saturated rings. The molecule has 3 amide bonds. The van der Waals surface area contributed by atoms with Crippen molar-refractivity contribution in [1.82, 2.24) is 15.8 Å². The van der Waals surface area contributed by atoms with Crippen LogP contribution in [0.5, 0.6) is 0 Å². The zero-order chi connectivity index (χ0) is 14.4. The molecule has 1 atom stereocenters. The van der Waals surface area contributed by atoms with Crippen molar-refractivity contribution >= 4 is 17.9 Å². The minimum Gasteiger partial charge on any atom is -0.449 e. The molecule has 0 radical (unpaired) electrons. The number of carbonyl (C=O) groups excluding carboxylic acids is 3. The standard InChI is InChI=1S/C12H21N3O4/c1-4-19-12(18)14-13-11(17)9-5-10(16)15(7-9)6-8(2)3/h8-9H,4-7H2,1-3H3,(H,13,17)(H,14,18)/t9-/m0/s1. The minimum absolute atomic E-state index is 0.0232. The number of hydrogen-bond acceptors (Lipinski definition) is 4. The number of rotatable bonds is 4. The molecule has 2 N–H and O–H groups in total. The fourth-order valence-electron chi connectivity index (χ4n) is 1.95. The van der Waals surface area contributed by atoms with E-state index in [9.17, 15) is 14.4 Å². The molecule has 1 saturated heterocycles. The van der Waals surface area contributed by atoms with E-state index in [1.54, 1.807) is 11.8 Å². The van der Waals surface area contributed by atoms with Crippen LogP contribution in [-0.2, 0) is 14.3 Å². The molecule has 0 aliphatic carbocycles. The number of carbonyl (C=O) groups is 3. The normalized spacial score (nSPS) is 18.6. The summed E-state index contributed by atoms with van der Waals surface area (Å²) in [4.78, 5) is 36.2. The fourth-order valence-corrected chi connectivity index (χ4v) is 1.95. The third-order valence-electron chi connectivity index (χ3n) is 2.73. The zero-order valence-electron chi connectivity index (χ0n) is 11.6. The molecule has 0 aromatic rings. The zero-order valence-corrected chi connectivity index (χ0v) is 11.6. The predicted octanol–water partition coefficient (Wildman–Crippen LogP) is 0.268. The van der Waals surface area contributed by atoms with Crippen LogP contribution in [0.25, 0.3) is 0 Å². The predicted molar refractivity (Wildman–Crippen MR) is 67.8 cm³/mol. The lowest BCUT2D eigenvalue weighted by Crippen LogP contribution is -2.45. The highest BCUT2D eigenvalue weighted by Crippen LogP contribution is 2.18. The molecule has 0 spiro atoms. The van der Waals surface area contributed by atoms with E-state index in [4.69, 9.17) is 0 Å². The highest BCUT2D eigenvalue weighted by molar-refractivity contribution is 5.89. The van der Waals surface area contributed by atoms with Crippen LogP contribution in [0.4, 0.5) is 4.79 Å². The monoisotopic (exact) mass is 271 g/mol. The summed E-state index contributed by atoms with van der Waals surface area (Å²) in [6.07, 6.45) is -0.525. The van der Waals surface area contributed by atoms with Crippen LogP contribution in [0.1, 0.15) is 27.2 Å². The Morgan fingerprint density at radius 2 is 2.11 bits per heavy atom. The third kappa shape index (κ3) is 4.76. The SMILES string of the molecule is CCOC(=O)NNC(=O)[C@H]1CC(=O)N(CC(C)C)C1. The van der Waals surface area contributed by atoms with Crippen molar-refractivity contribution in [3.63, 3.8) is 0 Å². The van der Waals surface area contributed by atoms with E-state index < -0.39 is 12.0 Å². The summed E-state index contributed by atoms with van der Waals surface area (Å²) in [5, 5.41) is 0. The lowest BCUT2D eigenvalue weighted by Gasteiger charge is -2.18. The van der Waals surface area contributed by atoms with Gasteiger partial charge in [-0.1, -0.05) is 13.8 Å². The molecule has 1 aliphatic rings. The van der Waals surface area contributed by atoms with Crippen molar-refractivity contribution in [3.05, 3.63) is 0 Å². The smallest absolute Gasteiger partial charge is 0.426 e. The van der Waals surface area contributed by atoms with Gasteiger partial charge in [0.05, 0.1) is 12.5 Å². The number of nitrogens with one attached hydrogen (secondary N) is 2. The van der Waals surface area contributed by atoms with Gasteiger partial charge in [-0.25, -0.2) is 10.2 Å². The van der Waals surface area contributed by atoms with Gasteiger partial charge in [0, 0.05) is 19.5 Å². The first-order valence-corrected chi connectivity index (χ1v) is 6.44. The Morgan fingerprint density at radius 3 is 2.68 bits per heavy atom. The van der Waals surface area contributed by atoms with Crippen LogP contribution in [0.15, 0.2) is 0 Å². The molecule has 0 unspecified atom stereocenters. The summed E-state index contributed by atoms with van der Waals surface area (Å²) < 4.78 is 4.61. The number of ether oxygens (including phenoxy) is 1. The minimum atomic E-state index is -0.709. The average Bonchev–Trinajstić information content (AvgIpc) is 2.67. The van der Waals surface area contributed by atoms with Crippen molar-refractivity contribution in [2.75, 3.05) is 19.7 Å². The van der Waals surface area contributed by atoms with Crippen LogP contribution in [0.3, 0.4) is 0 Å². The summed E-state index contributed by atoms with van der Waals surface area (Å²) in [5.41, 5.74) is 4.40. The van der Waals surface area contributed by atoms with E-state index in [1.165, 1.54) is 0 Å². The van der Waals surface area contributed by atoms with Crippen molar-refractivity contribution in [2.24, 2.45) is 11.8 Å². The summed E-state index contributed by atoms with van der Waals surface area (Å²) in [6, 6.07) is 0. The van der Waals surface area contributed by atoms with E-state index in [0.29, 0.717) is 19.0 Å². The molecular formula is C12H21N3O4. The summed E-state index contributed by atoms with van der Waals surface area (Å²) in [5.74, 6) is -0.450. The second kappa shape index (κ2) is 6.96. The Morgan fingerprint density at radius 1 is 1.42 bits per heavy atom. The quantitative estimate of drug-likeness (QED) is 0.718. The Hall–Kier alpha value is -1.79. The maximum absolute atomic E-state index is 11.8. The molecule has 1 heterocycles. The molecule has 0 saturated carbocycles. The molecule has 1 rings (SSSR count). The molecule has 108 valence electrons. The first-order valence-electron chi connectivity index (χ1n) is 6.44. The van der Waals surface area contributed by atoms with Crippen LogP contribution < -0.4 is 10.9 Å². The Kier molecular flexibility index (Phi) is 5.59. The van der Waals surface area contributed by atoms with Gasteiger partial charge in [-0.2, -0.15) is 0 Å². The second-order valence-corrected chi connectivity index (χ2v) is 4.93. The molecule has 19 heavy (non-hydrogen) atoms. The van der Waals surface area contributed by atoms with Crippen molar-refractivity contribution in [3.8, 4) is 0 Å². The van der Waals surface area contributed by atoms with E-state index in [2.05, 4.69) is 15.6 Å². The maximum Gasteiger partial charge on any atom is 0.426 e. The van der Waals surface area contributed by atoms with Gasteiger partial charge in [0.15, 0.2) is 0 Å². The van der Waals surface area contributed by atoms with Crippen molar-refractivity contribution < 1.29 is 19.1 Å². The maximum atomic E-state index is 11.8. The van der Waals surface area contributed by atoms with Crippen LogP contribution in [-0.4, -0.2) is 42.5 Å². The molecule has 0 bridgehead atoms. The number of nitrogens with zero attached hydrogens (tertiary/aromatic N) is 1. The van der Waals surface area contributed by atoms with Crippen molar-refractivity contribution in [2.45, 2.75) is 27.2 Å². The molecule has 7 nitrogen and oxygen atoms in total. The second-order valence-electron chi connectivity index (χ2n) is 4.93. The topological polar surface area (TPSA) is 87.7 Å². The fraction of sp³-hybridized carbons (Fsp3) is 0.750. The van der Waals surface area contributed by atoms with Gasteiger partial charge in [0.1, 0.15) is 0 Å². The van der Waals surface area contributed by atoms with Gasteiger partial charge in [-0.05, 0) is 12.8 Å². The summed E-state index contributed by atoms with van der Waals surface area (Å²) in [6.45, 7) is 6.97. The van der Waals surface area contributed by atoms with E-state index in [0.717, 1.165) is 0 Å². The first-order chi connectivity index (χ1) is 8.93. The Bertz CT molecular complexity index is 357. The van der Waals surface area contributed by atoms with Gasteiger partial charge in [0.25, 0.3) is 0 Å². The number of hydrazine groups is 1. The summed E-state index contributed by atoms with van der Waals surface area (Å²) in [7, 11) is 0. The highest BCUT2D eigenvalue weighted by Gasteiger charge is 2.34. The van der Waals surface area contributed by atoms with E-state index in [-0.39, 0.29) is 24.8 Å². The Labute approximate surface area is 112 Å². The lowest BCUT2D eigenvalue weighted by molar-refractivity contribution is -0.129. The van der Waals surface area contributed by atoms with Gasteiger partial charge >= 0.3 is 6.09 Å². The van der Waals surface area contributed by atoms with Crippen LogP contribution in [0.2, 0.25) is 0 Å². The van der Waals surface area contributed by atoms with Crippen LogP contribution in [0, 0.1) is 11.8 Å². The number of amides is 3. The molecule has 0 aromatic carbocycles. The van der Waals surface area contributed by atoms with Gasteiger partial charge < -0.3 is 9.64 Å².